The molecule has 1 aliphatic heterocycles. The highest BCUT2D eigenvalue weighted by Gasteiger charge is 2.35. The lowest BCUT2D eigenvalue weighted by molar-refractivity contribution is -0.141. The van der Waals surface area contributed by atoms with Crippen molar-refractivity contribution in [3.63, 3.8) is 0 Å². The van der Waals surface area contributed by atoms with Crippen molar-refractivity contribution in [2.24, 2.45) is 5.92 Å². The Morgan fingerprint density at radius 3 is 2.88 bits per heavy atom. The smallest absolute Gasteiger partial charge is 0.316 e. The molecule has 0 bridgehead atoms. The Morgan fingerprint density at radius 1 is 1.44 bits per heavy atom. The van der Waals surface area contributed by atoms with Crippen molar-refractivity contribution in [1.29, 1.82) is 0 Å². The number of nitrogens with zero attached hydrogens (tertiary/aromatic N) is 1. The number of aromatic nitrogens is 1. The van der Waals surface area contributed by atoms with E-state index >= 15 is 0 Å². The van der Waals surface area contributed by atoms with Crippen molar-refractivity contribution in [3.8, 4) is 0 Å². The van der Waals surface area contributed by atoms with Crippen LogP contribution in [-0.2, 0) is 12.6 Å². The first kappa shape index (κ1) is 11.4. The number of nitrogens with one attached hydrogen (secondary N) is 1. The van der Waals surface area contributed by atoms with E-state index in [4.69, 9.17) is 0 Å². The second-order valence-electron chi connectivity index (χ2n) is 4.07. The molecule has 2 heterocycles. The summed E-state index contributed by atoms with van der Waals surface area (Å²) >= 11 is 0. The van der Waals surface area contributed by atoms with Crippen LogP contribution in [0.3, 0.4) is 0 Å². The molecule has 2 nitrogen and oxygen atoms in total. The largest absolute Gasteiger partial charge is 0.433 e. The Balaban J connectivity index is 2.19. The zero-order valence-electron chi connectivity index (χ0n) is 8.72. The maximum absolute atomic E-state index is 12.6. The van der Waals surface area contributed by atoms with E-state index in [0.29, 0.717) is 17.9 Å². The molecule has 0 saturated carbocycles. The molecule has 5 heteroatoms. The van der Waals surface area contributed by atoms with E-state index < -0.39 is 11.9 Å². The number of hydrogen-bond acceptors (Lipinski definition) is 2. The van der Waals surface area contributed by atoms with Crippen LogP contribution in [0.4, 0.5) is 13.2 Å². The van der Waals surface area contributed by atoms with Crippen LogP contribution in [0.1, 0.15) is 17.7 Å². The van der Waals surface area contributed by atoms with E-state index in [2.05, 4.69) is 10.3 Å². The maximum Gasteiger partial charge on any atom is 0.433 e. The minimum Gasteiger partial charge on any atom is -0.316 e. The van der Waals surface area contributed by atoms with Gasteiger partial charge in [-0.1, -0.05) is 6.07 Å². The van der Waals surface area contributed by atoms with Crippen LogP contribution in [0.25, 0.3) is 0 Å². The van der Waals surface area contributed by atoms with Gasteiger partial charge in [0.05, 0.1) is 0 Å². The summed E-state index contributed by atoms with van der Waals surface area (Å²) < 4.78 is 37.9. The number of hydrogen-bond donors (Lipinski definition) is 1. The van der Waals surface area contributed by atoms with Crippen molar-refractivity contribution >= 4 is 0 Å². The average Bonchev–Trinajstić information content (AvgIpc) is 2.70. The van der Waals surface area contributed by atoms with E-state index in [-0.39, 0.29) is 0 Å². The minimum atomic E-state index is -4.34. The van der Waals surface area contributed by atoms with Crippen LogP contribution in [-0.4, -0.2) is 18.1 Å². The van der Waals surface area contributed by atoms with Gasteiger partial charge in [0.25, 0.3) is 0 Å². The van der Waals surface area contributed by atoms with Crippen LogP contribution in [0.15, 0.2) is 18.3 Å². The topological polar surface area (TPSA) is 24.9 Å². The minimum absolute atomic E-state index is 0.297. The highest BCUT2D eigenvalue weighted by atomic mass is 19.4. The Bertz CT molecular complexity index is 356. The summed E-state index contributed by atoms with van der Waals surface area (Å²) in [6, 6.07) is 3.08. The summed E-state index contributed by atoms with van der Waals surface area (Å²) in [5, 5.41) is 3.15. The van der Waals surface area contributed by atoms with Crippen LogP contribution < -0.4 is 5.32 Å². The third kappa shape index (κ3) is 2.52. The van der Waals surface area contributed by atoms with Crippen molar-refractivity contribution in [2.45, 2.75) is 19.0 Å². The predicted octanol–water partition coefficient (Wildman–Crippen LogP) is 2.25. The van der Waals surface area contributed by atoms with Gasteiger partial charge in [0.1, 0.15) is 5.69 Å². The van der Waals surface area contributed by atoms with Crippen molar-refractivity contribution in [1.82, 2.24) is 10.3 Å². The summed E-state index contributed by atoms with van der Waals surface area (Å²) in [7, 11) is 0. The number of pyridine rings is 1. The molecule has 1 aliphatic rings. The fraction of sp³-hybridized carbons (Fsp3) is 0.545. The van der Waals surface area contributed by atoms with Gasteiger partial charge in [-0.3, -0.25) is 4.98 Å². The van der Waals surface area contributed by atoms with E-state index in [0.717, 1.165) is 19.5 Å². The van der Waals surface area contributed by atoms with Crippen molar-refractivity contribution in [3.05, 3.63) is 29.6 Å². The zero-order chi connectivity index (χ0) is 11.6. The molecule has 1 atom stereocenters. The molecule has 1 aromatic heterocycles. The lowest BCUT2D eigenvalue weighted by Crippen LogP contribution is -2.16. The van der Waals surface area contributed by atoms with E-state index in [1.165, 1.54) is 12.3 Å². The molecule has 16 heavy (non-hydrogen) atoms. The second-order valence-corrected chi connectivity index (χ2v) is 4.07. The molecule has 0 radical (unpaired) electrons. The van der Waals surface area contributed by atoms with Gasteiger partial charge in [-0.25, -0.2) is 0 Å². The van der Waals surface area contributed by atoms with Crippen molar-refractivity contribution in [2.75, 3.05) is 13.1 Å². The van der Waals surface area contributed by atoms with Gasteiger partial charge in [0.2, 0.25) is 0 Å². The molecule has 1 N–H and O–H groups in total. The van der Waals surface area contributed by atoms with Gasteiger partial charge in [-0.05, 0) is 43.5 Å². The first-order valence-corrected chi connectivity index (χ1v) is 5.29. The fourth-order valence-electron chi connectivity index (χ4n) is 2.06. The number of alkyl halides is 3. The van der Waals surface area contributed by atoms with Gasteiger partial charge in [-0.15, -0.1) is 0 Å². The van der Waals surface area contributed by atoms with E-state index in [1.807, 2.05) is 0 Å². The van der Waals surface area contributed by atoms with Crippen LogP contribution >= 0.6 is 0 Å². The third-order valence-corrected chi connectivity index (χ3v) is 2.83. The van der Waals surface area contributed by atoms with Gasteiger partial charge in [-0.2, -0.15) is 13.2 Å². The van der Waals surface area contributed by atoms with Gasteiger partial charge < -0.3 is 5.32 Å². The van der Waals surface area contributed by atoms with Crippen LogP contribution in [0.2, 0.25) is 0 Å². The molecule has 0 spiro atoms. The average molecular weight is 230 g/mol. The Kier molecular flexibility index (Phi) is 3.14. The van der Waals surface area contributed by atoms with Gasteiger partial charge in [0, 0.05) is 6.20 Å². The quantitative estimate of drug-likeness (QED) is 0.842. The molecule has 0 amide bonds. The van der Waals surface area contributed by atoms with Crippen LogP contribution in [0, 0.1) is 5.92 Å². The summed E-state index contributed by atoms with van der Waals surface area (Å²) in [6.45, 7) is 1.69. The molecule has 1 saturated heterocycles. The first-order valence-electron chi connectivity index (χ1n) is 5.29. The predicted molar refractivity (Wildman–Crippen MR) is 53.9 cm³/mol. The molecule has 0 unspecified atom stereocenters. The lowest BCUT2D eigenvalue weighted by Gasteiger charge is -2.13. The second kappa shape index (κ2) is 4.41. The maximum atomic E-state index is 12.6. The fourth-order valence-corrected chi connectivity index (χ4v) is 2.06. The standard InChI is InChI=1S/C11H13F3N2/c12-11(13,14)10-9(2-1-4-16-10)6-8-3-5-15-7-8/h1-2,4,8,15H,3,5-7H2/t8-/m1/s1. The SMILES string of the molecule is FC(F)(F)c1ncccc1C[C@H]1CCNC1. The summed E-state index contributed by atoms with van der Waals surface area (Å²) in [5.41, 5.74) is -0.425. The number of halogens is 3. The Morgan fingerprint density at radius 2 is 2.25 bits per heavy atom. The van der Waals surface area contributed by atoms with Crippen LogP contribution in [0.5, 0.6) is 0 Å². The molecule has 1 fully saturated rings. The Hall–Kier alpha value is -1.10. The molecular formula is C11H13F3N2. The molecule has 0 aliphatic carbocycles. The molecule has 1 aromatic rings. The molecule has 88 valence electrons. The summed E-state index contributed by atoms with van der Waals surface area (Å²) in [5.74, 6) is 0.297. The molecule has 2 rings (SSSR count). The van der Waals surface area contributed by atoms with Gasteiger partial charge >= 0.3 is 6.18 Å². The monoisotopic (exact) mass is 230 g/mol. The highest BCUT2D eigenvalue weighted by Crippen LogP contribution is 2.31. The highest BCUT2D eigenvalue weighted by molar-refractivity contribution is 5.23. The zero-order valence-corrected chi connectivity index (χ0v) is 8.72. The summed E-state index contributed by atoms with van der Waals surface area (Å²) in [6.07, 6.45) is -1.76. The van der Waals surface area contributed by atoms with E-state index in [1.54, 1.807) is 6.07 Å². The molecule has 0 aromatic carbocycles. The van der Waals surface area contributed by atoms with Crippen molar-refractivity contribution < 1.29 is 13.2 Å². The third-order valence-electron chi connectivity index (χ3n) is 2.83. The van der Waals surface area contributed by atoms with Gasteiger partial charge in [0.15, 0.2) is 0 Å². The Labute approximate surface area is 91.9 Å². The van der Waals surface area contributed by atoms with E-state index in [9.17, 15) is 13.2 Å². The number of rotatable bonds is 2. The first-order chi connectivity index (χ1) is 7.57. The molecular weight excluding hydrogens is 217 g/mol. The normalized spacial score (nSPS) is 21.3. The lowest BCUT2D eigenvalue weighted by atomic mass is 9.97. The summed E-state index contributed by atoms with van der Waals surface area (Å²) in [4.78, 5) is 3.45.